The molecule has 0 saturated carbocycles. The van der Waals surface area contributed by atoms with Crippen LogP contribution in [0.2, 0.25) is 0 Å². The summed E-state index contributed by atoms with van der Waals surface area (Å²) in [6, 6.07) is 10.1. The highest BCUT2D eigenvalue weighted by molar-refractivity contribution is 9.09. The third-order valence-electron chi connectivity index (χ3n) is 4.70. The van der Waals surface area contributed by atoms with Gasteiger partial charge in [-0.05, 0) is 52.3 Å². The van der Waals surface area contributed by atoms with Gasteiger partial charge < -0.3 is 30.0 Å². The molecule has 1 aromatic heterocycles. The van der Waals surface area contributed by atoms with Crippen LogP contribution in [0.25, 0.3) is 0 Å². The van der Waals surface area contributed by atoms with Crippen LogP contribution in [-0.2, 0) is 0 Å². The number of amidine groups is 1. The molecule has 0 aliphatic carbocycles. The zero-order valence-corrected chi connectivity index (χ0v) is 21.1. The predicted molar refractivity (Wildman–Crippen MR) is 131 cm³/mol. The van der Waals surface area contributed by atoms with E-state index in [1.165, 1.54) is 41.3 Å². The van der Waals surface area contributed by atoms with E-state index in [2.05, 4.69) is 20.9 Å². The summed E-state index contributed by atoms with van der Waals surface area (Å²) in [5.41, 5.74) is 5.88. The minimum atomic E-state index is -1.93. The lowest BCUT2D eigenvalue weighted by atomic mass is 10.2. The topological polar surface area (TPSA) is 131 Å². The van der Waals surface area contributed by atoms with E-state index in [-0.39, 0.29) is 28.8 Å². The van der Waals surface area contributed by atoms with Gasteiger partial charge >= 0.3 is 0 Å². The number of carbonyl (C=O) groups is 1. The monoisotopic (exact) mass is 582 g/mol. The van der Waals surface area contributed by atoms with Gasteiger partial charge in [0.25, 0.3) is 17.7 Å². The summed E-state index contributed by atoms with van der Waals surface area (Å²) in [5.74, 6) is -5.10. The molecule has 37 heavy (non-hydrogen) atoms. The first kappa shape index (κ1) is 27.6. The summed E-state index contributed by atoms with van der Waals surface area (Å²) in [6.45, 7) is 0. The number of phenolic OH excluding ortho intramolecular Hbond substituents is 1. The number of alkyl halides is 2. The number of phenols is 1. The maximum Gasteiger partial charge on any atom is 0.259 e. The van der Waals surface area contributed by atoms with Crippen molar-refractivity contribution in [2.75, 3.05) is 14.1 Å². The summed E-state index contributed by atoms with van der Waals surface area (Å²) < 4.78 is 58.8. The fraction of sp³-hybridized carbons (Fsp3) is 0.208. The zero-order valence-electron chi connectivity index (χ0n) is 19.5. The van der Waals surface area contributed by atoms with Gasteiger partial charge in [-0.15, -0.1) is 0 Å². The van der Waals surface area contributed by atoms with Crippen molar-refractivity contribution in [2.45, 2.75) is 17.8 Å². The van der Waals surface area contributed by atoms with Crippen molar-refractivity contribution in [3.63, 3.8) is 0 Å². The SMILES string of the molecule is CN(C)C(=O)c1cccc(OC(F)CC(Br)Oc2nc(Oc3cc(C(=N)N)ccc3O)c(F)cc2F)c1. The molecule has 9 nitrogen and oxygen atoms in total. The zero-order chi connectivity index (χ0) is 27.3. The molecule has 196 valence electrons. The Morgan fingerprint density at radius 3 is 2.49 bits per heavy atom. The summed E-state index contributed by atoms with van der Waals surface area (Å²) in [5, 5.41) is 16.2. The van der Waals surface area contributed by atoms with Crippen molar-refractivity contribution in [3.05, 3.63) is 71.3 Å². The molecule has 3 aromatic rings. The predicted octanol–water partition coefficient (Wildman–Crippen LogP) is 4.71. The Morgan fingerprint density at radius 1 is 1.11 bits per heavy atom. The highest BCUT2D eigenvalue weighted by atomic mass is 79.9. The number of hydrogen-bond acceptors (Lipinski definition) is 7. The minimum absolute atomic E-state index is 0.0919. The van der Waals surface area contributed by atoms with Gasteiger partial charge in [0, 0.05) is 31.3 Å². The van der Waals surface area contributed by atoms with Gasteiger partial charge in [0.05, 0.1) is 6.42 Å². The number of aromatic nitrogens is 1. The summed E-state index contributed by atoms with van der Waals surface area (Å²) in [4.78, 5) is 17.1. The number of aromatic hydroxyl groups is 1. The summed E-state index contributed by atoms with van der Waals surface area (Å²) in [7, 11) is 3.15. The Bertz CT molecular complexity index is 1310. The molecule has 2 atom stereocenters. The van der Waals surface area contributed by atoms with Crippen LogP contribution < -0.4 is 19.9 Å². The molecule has 0 fully saturated rings. The average Bonchev–Trinajstić information content (AvgIpc) is 2.82. The molecule has 2 aromatic carbocycles. The fourth-order valence-corrected chi connectivity index (χ4v) is 3.40. The lowest BCUT2D eigenvalue weighted by Gasteiger charge is -2.18. The molecule has 13 heteroatoms. The molecule has 1 heterocycles. The maximum absolute atomic E-state index is 14.5. The number of nitrogen functional groups attached to an aromatic ring is 1. The molecular formula is C24H22BrF3N4O5. The van der Waals surface area contributed by atoms with Gasteiger partial charge in [-0.1, -0.05) is 6.07 Å². The number of rotatable bonds is 10. The van der Waals surface area contributed by atoms with Gasteiger partial charge in [0.2, 0.25) is 6.36 Å². The standard InChI is InChI=1S/C24H22BrF3N4O5/c1-32(2)24(34)13-4-3-5-14(8-13)35-20(28)11-19(25)37-23-16(27)10-15(26)22(31-23)36-18-9-12(21(29)30)6-7-17(18)33/h3-10,19-20,33H,11H2,1-2H3,(H3,29,30). The molecule has 0 aliphatic rings. The molecule has 1 amide bonds. The van der Waals surface area contributed by atoms with Crippen molar-refractivity contribution in [3.8, 4) is 29.0 Å². The number of amides is 1. The molecule has 3 rings (SSSR count). The molecule has 0 radical (unpaired) electrons. The molecule has 4 N–H and O–H groups in total. The molecule has 0 bridgehead atoms. The number of pyridine rings is 1. The number of nitrogens with zero attached hydrogens (tertiary/aromatic N) is 2. The highest BCUT2D eigenvalue weighted by Crippen LogP contribution is 2.34. The van der Waals surface area contributed by atoms with E-state index in [9.17, 15) is 23.1 Å². The van der Waals surface area contributed by atoms with E-state index < -0.39 is 46.9 Å². The second-order valence-electron chi connectivity index (χ2n) is 7.78. The van der Waals surface area contributed by atoms with Crippen LogP contribution in [0.4, 0.5) is 13.2 Å². The Kier molecular flexibility index (Phi) is 8.81. The van der Waals surface area contributed by atoms with E-state index in [0.29, 0.717) is 11.6 Å². The highest BCUT2D eigenvalue weighted by Gasteiger charge is 2.22. The van der Waals surface area contributed by atoms with Crippen LogP contribution in [-0.4, -0.2) is 52.2 Å². The number of nitrogens with one attached hydrogen (secondary N) is 1. The number of ether oxygens (including phenoxy) is 3. The van der Waals surface area contributed by atoms with Crippen LogP contribution in [0, 0.1) is 17.0 Å². The lowest BCUT2D eigenvalue weighted by Crippen LogP contribution is -2.22. The minimum Gasteiger partial charge on any atom is -0.504 e. The normalized spacial score (nSPS) is 12.4. The van der Waals surface area contributed by atoms with Crippen molar-refractivity contribution < 1.29 is 37.3 Å². The van der Waals surface area contributed by atoms with E-state index in [0.717, 1.165) is 0 Å². The van der Waals surface area contributed by atoms with Gasteiger partial charge in [0.15, 0.2) is 28.1 Å². The number of halogens is 4. The first-order valence-electron chi connectivity index (χ1n) is 10.6. The number of hydrogen-bond donors (Lipinski definition) is 3. The number of nitrogens with two attached hydrogens (primary N) is 1. The van der Waals surface area contributed by atoms with E-state index in [4.69, 9.17) is 25.4 Å². The van der Waals surface area contributed by atoms with Crippen LogP contribution in [0.15, 0.2) is 48.5 Å². The van der Waals surface area contributed by atoms with E-state index >= 15 is 0 Å². The molecule has 0 aliphatic heterocycles. The largest absolute Gasteiger partial charge is 0.504 e. The smallest absolute Gasteiger partial charge is 0.259 e. The second kappa shape index (κ2) is 11.8. The first-order valence-corrected chi connectivity index (χ1v) is 11.5. The Balaban J connectivity index is 1.69. The molecule has 0 saturated heterocycles. The van der Waals surface area contributed by atoms with Crippen LogP contribution in [0.3, 0.4) is 0 Å². The van der Waals surface area contributed by atoms with Crippen molar-refractivity contribution in [2.24, 2.45) is 5.73 Å². The van der Waals surface area contributed by atoms with Crippen molar-refractivity contribution >= 4 is 27.7 Å². The maximum atomic E-state index is 14.5. The quantitative estimate of drug-likeness (QED) is 0.179. The molecule has 0 spiro atoms. The first-order chi connectivity index (χ1) is 17.4. The van der Waals surface area contributed by atoms with Gasteiger partial charge in [-0.25, -0.2) is 13.2 Å². The molecule has 2 unspecified atom stereocenters. The lowest BCUT2D eigenvalue weighted by molar-refractivity contribution is 0.0398. The Labute approximate surface area is 218 Å². The molecular weight excluding hydrogens is 561 g/mol. The Morgan fingerprint density at radius 2 is 1.81 bits per heavy atom. The third kappa shape index (κ3) is 7.26. The van der Waals surface area contributed by atoms with E-state index in [1.807, 2.05) is 0 Å². The van der Waals surface area contributed by atoms with E-state index in [1.54, 1.807) is 20.2 Å². The van der Waals surface area contributed by atoms with Crippen LogP contribution in [0.1, 0.15) is 22.3 Å². The number of benzene rings is 2. The summed E-state index contributed by atoms with van der Waals surface area (Å²) in [6.07, 6.45) is -2.37. The van der Waals surface area contributed by atoms with Crippen LogP contribution >= 0.6 is 15.9 Å². The van der Waals surface area contributed by atoms with Gasteiger partial charge in [0.1, 0.15) is 11.6 Å². The van der Waals surface area contributed by atoms with Crippen molar-refractivity contribution in [1.82, 2.24) is 9.88 Å². The van der Waals surface area contributed by atoms with Gasteiger partial charge in [-0.3, -0.25) is 10.2 Å². The Hall–Kier alpha value is -4.00. The fourth-order valence-electron chi connectivity index (χ4n) is 2.93. The third-order valence-corrected chi connectivity index (χ3v) is 5.26. The van der Waals surface area contributed by atoms with Gasteiger partial charge in [-0.2, -0.15) is 4.98 Å². The second-order valence-corrected chi connectivity index (χ2v) is 8.80. The van der Waals surface area contributed by atoms with Crippen molar-refractivity contribution in [1.29, 1.82) is 5.41 Å². The average molecular weight is 583 g/mol. The summed E-state index contributed by atoms with van der Waals surface area (Å²) >= 11 is 3.04. The van der Waals surface area contributed by atoms with Crippen LogP contribution in [0.5, 0.6) is 29.0 Å². The number of carbonyl (C=O) groups excluding carboxylic acids is 1.